The van der Waals surface area contributed by atoms with Crippen molar-refractivity contribution in [3.63, 3.8) is 0 Å². The van der Waals surface area contributed by atoms with Gasteiger partial charge in [0.25, 0.3) is 0 Å². The van der Waals surface area contributed by atoms with E-state index in [4.69, 9.17) is 9.47 Å². The van der Waals surface area contributed by atoms with E-state index in [1.165, 1.54) is 0 Å². The van der Waals surface area contributed by atoms with Crippen LogP contribution in [0.2, 0.25) is 0 Å². The number of ether oxygens (including phenoxy) is 2. The molecule has 4 saturated carbocycles. The predicted octanol–water partition coefficient (Wildman–Crippen LogP) is 3.35. The van der Waals surface area contributed by atoms with Crippen molar-refractivity contribution in [1.29, 1.82) is 5.26 Å². The van der Waals surface area contributed by atoms with Crippen molar-refractivity contribution in [3.05, 3.63) is 0 Å². The third-order valence-electron chi connectivity index (χ3n) is 9.12. The molecule has 0 unspecified atom stereocenters. The molecule has 0 aliphatic heterocycles. The zero-order valence-electron chi connectivity index (χ0n) is 17.5. The van der Waals surface area contributed by atoms with Gasteiger partial charge in [-0.05, 0) is 67.1 Å². The Morgan fingerprint density at radius 3 is 2.68 bits per heavy atom. The van der Waals surface area contributed by atoms with Crippen molar-refractivity contribution in [3.8, 4) is 6.07 Å². The van der Waals surface area contributed by atoms with Crippen LogP contribution >= 0.6 is 0 Å². The fourth-order valence-electron chi connectivity index (χ4n) is 7.74. The number of nitriles is 1. The van der Waals surface area contributed by atoms with Gasteiger partial charge in [-0.15, -0.1) is 0 Å². The average Bonchev–Trinajstić information content (AvgIpc) is 2.98. The van der Waals surface area contributed by atoms with Gasteiger partial charge < -0.3 is 14.6 Å². The summed E-state index contributed by atoms with van der Waals surface area (Å²) < 4.78 is 11.1. The second kappa shape index (κ2) is 7.38. The number of aliphatic hydroxyl groups excluding tert-OH is 1. The van der Waals surface area contributed by atoms with E-state index in [1.54, 1.807) is 7.11 Å². The Morgan fingerprint density at radius 2 is 1.96 bits per heavy atom. The summed E-state index contributed by atoms with van der Waals surface area (Å²) in [7, 11) is 1.65. The molecule has 9 atom stereocenters. The largest absolute Gasteiger partial charge is 0.390 e. The Morgan fingerprint density at radius 1 is 1.18 bits per heavy atom. The second-order valence-corrected chi connectivity index (χ2v) is 10.3. The summed E-state index contributed by atoms with van der Waals surface area (Å²) in [5.74, 6) is 1.70. The molecule has 0 aromatic carbocycles. The fraction of sp³-hybridized carbons (Fsp3) is 0.913. The molecule has 0 heterocycles. The number of fused-ring (bicyclic) bond motifs is 5. The van der Waals surface area contributed by atoms with Crippen molar-refractivity contribution < 1.29 is 19.4 Å². The van der Waals surface area contributed by atoms with Crippen molar-refractivity contribution in [2.45, 2.75) is 71.0 Å². The van der Waals surface area contributed by atoms with Crippen molar-refractivity contribution in [2.75, 3.05) is 20.3 Å². The van der Waals surface area contributed by atoms with Gasteiger partial charge in [-0.1, -0.05) is 13.8 Å². The quantitative estimate of drug-likeness (QED) is 0.746. The highest BCUT2D eigenvalue weighted by molar-refractivity contribution is 5.84. The number of rotatable bonds is 4. The molecule has 28 heavy (non-hydrogen) atoms. The molecule has 0 amide bonds. The number of hydrogen-bond donors (Lipinski definition) is 1. The Bertz CT molecular complexity index is 659. The van der Waals surface area contributed by atoms with Crippen LogP contribution in [0.1, 0.15) is 58.8 Å². The van der Waals surface area contributed by atoms with Crippen LogP contribution in [0.15, 0.2) is 0 Å². The summed E-state index contributed by atoms with van der Waals surface area (Å²) >= 11 is 0. The van der Waals surface area contributed by atoms with Gasteiger partial charge in [-0.25, -0.2) is 0 Å². The molecule has 5 heteroatoms. The first-order chi connectivity index (χ1) is 13.3. The fourth-order valence-corrected chi connectivity index (χ4v) is 7.74. The lowest BCUT2D eigenvalue weighted by atomic mass is 9.44. The number of ketones is 1. The molecule has 4 fully saturated rings. The SMILES string of the molecule is COCCO[C@H]1C[C@@]2(C)[C@@H](CC[C@H]3[C@@H]4CC[C@H](C#N)[C@@]4(C)CC(=O)[C@@H]32)C[C@@H]1O. The molecule has 156 valence electrons. The number of methoxy groups -OCH3 is 1. The highest BCUT2D eigenvalue weighted by atomic mass is 16.5. The Labute approximate surface area is 168 Å². The predicted molar refractivity (Wildman–Crippen MR) is 104 cm³/mol. The lowest BCUT2D eigenvalue weighted by Gasteiger charge is -2.60. The van der Waals surface area contributed by atoms with Gasteiger partial charge in [-0.3, -0.25) is 4.79 Å². The summed E-state index contributed by atoms with van der Waals surface area (Å²) in [6.45, 7) is 5.47. The Hall–Kier alpha value is -0.960. The molecular weight excluding hydrogens is 354 g/mol. The molecule has 0 radical (unpaired) electrons. The summed E-state index contributed by atoms with van der Waals surface area (Å²) in [5, 5.41) is 20.3. The standard InChI is InChI=1S/C23H35NO4/c1-22-11-19(26)21-16(17(22)7-5-15(22)13-24)6-4-14-10-18(25)20(12-23(14,21)2)28-9-8-27-3/h14-18,20-21,25H,4-12H2,1-3H3/t14-,15+,16-,17-,18-,20-,21+,22+,23-/m0/s1. The van der Waals surface area contributed by atoms with Crippen LogP contribution in [0.5, 0.6) is 0 Å². The Kier molecular flexibility index (Phi) is 5.35. The van der Waals surface area contributed by atoms with Gasteiger partial charge in [-0.2, -0.15) is 5.26 Å². The minimum absolute atomic E-state index is 0.0197. The van der Waals surface area contributed by atoms with E-state index in [-0.39, 0.29) is 28.8 Å². The molecule has 1 N–H and O–H groups in total. The number of nitrogens with zero attached hydrogens (tertiary/aromatic N) is 1. The van der Waals surface area contributed by atoms with Crippen LogP contribution in [-0.4, -0.2) is 43.4 Å². The van der Waals surface area contributed by atoms with E-state index < -0.39 is 6.10 Å². The van der Waals surface area contributed by atoms with Crippen LogP contribution in [0.4, 0.5) is 0 Å². The van der Waals surface area contributed by atoms with Gasteiger partial charge in [0.05, 0.1) is 37.4 Å². The molecule has 4 aliphatic rings. The van der Waals surface area contributed by atoms with Gasteiger partial charge in [0, 0.05) is 19.4 Å². The van der Waals surface area contributed by atoms with Crippen LogP contribution in [0.25, 0.3) is 0 Å². The van der Waals surface area contributed by atoms with E-state index >= 15 is 0 Å². The first-order valence-corrected chi connectivity index (χ1v) is 11.1. The smallest absolute Gasteiger partial charge is 0.137 e. The van der Waals surface area contributed by atoms with Crippen LogP contribution in [0, 0.1) is 51.8 Å². The first kappa shape index (κ1) is 20.3. The molecule has 0 saturated heterocycles. The maximum Gasteiger partial charge on any atom is 0.137 e. The molecule has 4 aliphatic carbocycles. The minimum atomic E-state index is -0.454. The van der Waals surface area contributed by atoms with Crippen molar-refractivity contribution in [2.24, 2.45) is 40.4 Å². The molecule has 0 bridgehead atoms. The number of carbonyl (C=O) groups excluding carboxylic acids is 1. The average molecular weight is 390 g/mol. The van der Waals surface area contributed by atoms with Crippen molar-refractivity contribution >= 4 is 5.78 Å². The maximum absolute atomic E-state index is 13.5. The number of hydrogen-bond acceptors (Lipinski definition) is 5. The van der Waals surface area contributed by atoms with E-state index in [0.29, 0.717) is 43.2 Å². The molecule has 0 aromatic heterocycles. The maximum atomic E-state index is 13.5. The first-order valence-electron chi connectivity index (χ1n) is 11.1. The second-order valence-electron chi connectivity index (χ2n) is 10.3. The topological polar surface area (TPSA) is 79.5 Å². The van der Waals surface area contributed by atoms with E-state index in [9.17, 15) is 15.2 Å². The molecule has 4 rings (SSSR count). The minimum Gasteiger partial charge on any atom is -0.390 e. The highest BCUT2D eigenvalue weighted by Gasteiger charge is 2.64. The molecular formula is C23H35NO4. The van der Waals surface area contributed by atoms with Crippen LogP contribution in [-0.2, 0) is 14.3 Å². The highest BCUT2D eigenvalue weighted by Crippen LogP contribution is 2.66. The van der Waals surface area contributed by atoms with Crippen molar-refractivity contribution in [1.82, 2.24) is 0 Å². The van der Waals surface area contributed by atoms with Gasteiger partial charge in [0.2, 0.25) is 0 Å². The zero-order valence-corrected chi connectivity index (χ0v) is 17.5. The van der Waals surface area contributed by atoms with E-state index in [1.807, 2.05) is 0 Å². The third kappa shape index (κ3) is 2.95. The monoisotopic (exact) mass is 389 g/mol. The van der Waals surface area contributed by atoms with E-state index in [2.05, 4.69) is 19.9 Å². The van der Waals surface area contributed by atoms with Gasteiger partial charge in [0.1, 0.15) is 5.78 Å². The molecule has 0 spiro atoms. The number of carbonyl (C=O) groups is 1. The van der Waals surface area contributed by atoms with E-state index in [0.717, 1.165) is 38.5 Å². The number of aliphatic hydroxyl groups is 1. The molecule has 5 nitrogen and oxygen atoms in total. The lowest BCUT2D eigenvalue weighted by molar-refractivity contribution is -0.180. The lowest BCUT2D eigenvalue weighted by Crippen LogP contribution is -2.60. The summed E-state index contributed by atoms with van der Waals surface area (Å²) in [4.78, 5) is 13.5. The summed E-state index contributed by atoms with van der Waals surface area (Å²) in [6.07, 6.45) is 5.53. The third-order valence-corrected chi connectivity index (χ3v) is 9.12. The summed E-state index contributed by atoms with van der Waals surface area (Å²) in [6, 6.07) is 2.51. The normalized spacial score (nSPS) is 50.4. The van der Waals surface area contributed by atoms with Gasteiger partial charge in [0.15, 0.2) is 0 Å². The zero-order chi connectivity index (χ0) is 20.1. The summed E-state index contributed by atoms with van der Waals surface area (Å²) in [5.41, 5.74) is -0.248. The van der Waals surface area contributed by atoms with Crippen LogP contribution < -0.4 is 0 Å². The Balaban J connectivity index is 1.60. The van der Waals surface area contributed by atoms with Gasteiger partial charge >= 0.3 is 0 Å². The molecule has 0 aromatic rings. The van der Waals surface area contributed by atoms with Crippen LogP contribution in [0.3, 0.4) is 0 Å². The number of Topliss-reactive ketones (excluding diaryl/α,β-unsaturated/α-hetero) is 1.